The third-order valence-corrected chi connectivity index (χ3v) is 1.48. The average molecular weight is 168 g/mol. The molecule has 1 aromatic rings. The Hall–Kier alpha value is -0.550. The van der Waals surface area contributed by atoms with Crippen LogP contribution in [0.2, 0.25) is 0 Å². The molecule has 2 unspecified atom stereocenters. The molecule has 1 aromatic carbocycles. The third-order valence-electron chi connectivity index (χ3n) is 1.34. The molecule has 60 valence electrons. The van der Waals surface area contributed by atoms with Gasteiger partial charge in [-0.3, -0.25) is 0 Å². The first-order chi connectivity index (χ1) is 5.18. The van der Waals surface area contributed by atoms with Crippen LogP contribution in [-0.4, -0.2) is 5.85 Å². The summed E-state index contributed by atoms with van der Waals surface area (Å²) in [5.74, 6) is 1.11. The van der Waals surface area contributed by atoms with Gasteiger partial charge in [0.15, 0.2) is 0 Å². The van der Waals surface area contributed by atoms with Gasteiger partial charge in [-0.1, -0.05) is 26.9 Å². The molecule has 1 rings (SSSR count). The van der Waals surface area contributed by atoms with E-state index in [2.05, 4.69) is 16.2 Å². The second-order valence-corrected chi connectivity index (χ2v) is 3.57. The van der Waals surface area contributed by atoms with Crippen molar-refractivity contribution in [1.82, 2.24) is 0 Å². The van der Waals surface area contributed by atoms with Crippen LogP contribution in [-0.2, 0) is 0 Å². The van der Waals surface area contributed by atoms with E-state index in [9.17, 15) is 0 Å². The number of ether oxygens (including phenoxy) is 1. The van der Waals surface area contributed by atoms with Gasteiger partial charge in [-0.05, 0) is 26.0 Å². The second-order valence-electron chi connectivity index (χ2n) is 2.64. The van der Waals surface area contributed by atoms with Gasteiger partial charge in [0.1, 0.15) is 11.6 Å². The lowest BCUT2D eigenvalue weighted by atomic mass is 10.2. The Bertz CT molecular complexity index is 216. The summed E-state index contributed by atoms with van der Waals surface area (Å²) in [5, 5.41) is 0. The van der Waals surface area contributed by atoms with Crippen molar-refractivity contribution in [2.24, 2.45) is 0 Å². The molecule has 0 aliphatic heterocycles. The highest BCUT2D eigenvalue weighted by molar-refractivity contribution is 7.17. The molecule has 0 saturated carbocycles. The summed E-state index contributed by atoms with van der Waals surface area (Å²) in [5.41, 5.74) is 1.26. The van der Waals surface area contributed by atoms with E-state index in [1.165, 1.54) is 5.56 Å². The molecule has 0 aliphatic carbocycles. The molecule has 0 bridgehead atoms. The number of rotatable bonds is 2. The fourth-order valence-corrected chi connectivity index (χ4v) is 0.989. The Kier molecular flexibility index (Phi) is 2.90. The van der Waals surface area contributed by atoms with Crippen LogP contribution < -0.4 is 4.74 Å². The summed E-state index contributed by atoms with van der Waals surface area (Å²) in [4.78, 5) is 0. The minimum atomic E-state index is 0.178. The zero-order valence-corrected chi connectivity index (χ0v) is 8.03. The summed E-state index contributed by atoms with van der Waals surface area (Å²) < 4.78 is 5.43. The summed E-state index contributed by atoms with van der Waals surface area (Å²) in [6.07, 6.45) is 0. The maximum atomic E-state index is 5.43. The van der Waals surface area contributed by atoms with Crippen molar-refractivity contribution in [1.29, 1.82) is 0 Å². The molecular formula is C9H13OP. The van der Waals surface area contributed by atoms with Crippen LogP contribution in [0.4, 0.5) is 0 Å². The van der Waals surface area contributed by atoms with E-state index in [4.69, 9.17) is 4.74 Å². The number of aryl methyl sites for hydroxylation is 1. The van der Waals surface area contributed by atoms with Crippen molar-refractivity contribution in [3.05, 3.63) is 29.8 Å². The first-order valence-corrected chi connectivity index (χ1v) is 4.34. The largest absolute Gasteiger partial charge is 0.487 e. The van der Waals surface area contributed by atoms with E-state index < -0.39 is 0 Å². The van der Waals surface area contributed by atoms with Crippen molar-refractivity contribution in [2.75, 3.05) is 0 Å². The zero-order chi connectivity index (χ0) is 8.27. The van der Waals surface area contributed by atoms with Crippen LogP contribution in [0, 0.1) is 6.92 Å². The van der Waals surface area contributed by atoms with Crippen LogP contribution in [0.5, 0.6) is 5.75 Å². The summed E-state index contributed by atoms with van der Waals surface area (Å²) in [6, 6.07) is 8.05. The van der Waals surface area contributed by atoms with Crippen LogP contribution >= 0.6 is 9.24 Å². The smallest absolute Gasteiger partial charge is 0.120 e. The highest BCUT2D eigenvalue weighted by atomic mass is 31.0. The van der Waals surface area contributed by atoms with Gasteiger partial charge in [-0.15, -0.1) is 0 Å². The topological polar surface area (TPSA) is 9.23 Å². The van der Waals surface area contributed by atoms with E-state index in [1.54, 1.807) is 0 Å². The van der Waals surface area contributed by atoms with E-state index in [0.717, 1.165) is 5.75 Å². The second kappa shape index (κ2) is 3.73. The van der Waals surface area contributed by atoms with Crippen LogP contribution in [0.15, 0.2) is 24.3 Å². The Morgan fingerprint density at radius 3 is 2.27 bits per heavy atom. The standard InChI is InChI=1S/C9H13OP/c1-7-3-5-9(6-4-7)10-8(2)11/h3-6,8H,11H2,1-2H3. The average Bonchev–Trinajstić information content (AvgIpc) is 1.93. The van der Waals surface area contributed by atoms with Gasteiger partial charge in [0, 0.05) is 0 Å². The Labute approximate surface area is 70.0 Å². The minimum absolute atomic E-state index is 0.178. The number of hydrogen-bond donors (Lipinski definition) is 0. The molecule has 0 aliphatic rings. The quantitative estimate of drug-likeness (QED) is 0.617. The highest BCUT2D eigenvalue weighted by Gasteiger charge is 1.94. The van der Waals surface area contributed by atoms with Gasteiger partial charge < -0.3 is 4.74 Å². The molecule has 0 fully saturated rings. The molecule has 0 aromatic heterocycles. The molecule has 0 spiro atoms. The first-order valence-electron chi connectivity index (χ1n) is 3.67. The van der Waals surface area contributed by atoms with E-state index in [-0.39, 0.29) is 5.85 Å². The molecule has 2 atom stereocenters. The Balaban J connectivity index is 2.66. The van der Waals surface area contributed by atoms with Gasteiger partial charge in [-0.2, -0.15) is 0 Å². The van der Waals surface area contributed by atoms with E-state index in [0.29, 0.717) is 0 Å². The number of hydrogen-bond acceptors (Lipinski definition) is 1. The van der Waals surface area contributed by atoms with Crippen molar-refractivity contribution in [2.45, 2.75) is 19.7 Å². The van der Waals surface area contributed by atoms with E-state index >= 15 is 0 Å². The first kappa shape index (κ1) is 8.55. The van der Waals surface area contributed by atoms with Gasteiger partial charge in [-0.25, -0.2) is 0 Å². The third kappa shape index (κ3) is 2.90. The molecule has 0 amide bonds. The maximum absolute atomic E-state index is 5.43. The fraction of sp³-hybridized carbons (Fsp3) is 0.333. The van der Waals surface area contributed by atoms with Gasteiger partial charge in [0.2, 0.25) is 0 Å². The van der Waals surface area contributed by atoms with E-state index in [1.807, 2.05) is 31.2 Å². The molecule has 0 N–H and O–H groups in total. The lowest BCUT2D eigenvalue weighted by molar-refractivity contribution is 0.307. The van der Waals surface area contributed by atoms with Crippen LogP contribution in [0.3, 0.4) is 0 Å². The van der Waals surface area contributed by atoms with Gasteiger partial charge >= 0.3 is 0 Å². The fourth-order valence-electron chi connectivity index (χ4n) is 0.831. The molecule has 2 heteroatoms. The normalized spacial score (nSPS) is 12.6. The number of benzene rings is 1. The molecular weight excluding hydrogens is 155 g/mol. The Morgan fingerprint density at radius 2 is 1.82 bits per heavy atom. The zero-order valence-electron chi connectivity index (χ0n) is 6.87. The summed E-state index contributed by atoms with van der Waals surface area (Å²) in [6.45, 7) is 4.05. The predicted molar refractivity (Wildman–Crippen MR) is 51.0 cm³/mol. The molecule has 11 heavy (non-hydrogen) atoms. The lowest BCUT2D eigenvalue weighted by Gasteiger charge is -2.08. The minimum Gasteiger partial charge on any atom is -0.487 e. The lowest BCUT2D eigenvalue weighted by Crippen LogP contribution is -2.00. The van der Waals surface area contributed by atoms with Gasteiger partial charge in [0.05, 0.1) is 0 Å². The predicted octanol–water partition coefficient (Wildman–Crippen LogP) is 2.59. The Morgan fingerprint density at radius 1 is 1.27 bits per heavy atom. The monoisotopic (exact) mass is 168 g/mol. The highest BCUT2D eigenvalue weighted by Crippen LogP contribution is 2.14. The van der Waals surface area contributed by atoms with Crippen molar-refractivity contribution >= 4 is 9.24 Å². The maximum Gasteiger partial charge on any atom is 0.120 e. The van der Waals surface area contributed by atoms with Crippen molar-refractivity contribution < 1.29 is 4.74 Å². The van der Waals surface area contributed by atoms with Crippen LogP contribution in [0.25, 0.3) is 0 Å². The molecule has 0 saturated heterocycles. The summed E-state index contributed by atoms with van der Waals surface area (Å²) >= 11 is 0. The van der Waals surface area contributed by atoms with Crippen LogP contribution in [0.1, 0.15) is 12.5 Å². The SMILES string of the molecule is Cc1ccc(OC(C)P)cc1. The van der Waals surface area contributed by atoms with Gasteiger partial charge in [0.25, 0.3) is 0 Å². The summed E-state index contributed by atoms with van der Waals surface area (Å²) in [7, 11) is 2.60. The van der Waals surface area contributed by atoms with Crippen molar-refractivity contribution in [3.63, 3.8) is 0 Å². The molecule has 0 radical (unpaired) electrons. The molecule has 1 nitrogen and oxygen atoms in total. The van der Waals surface area contributed by atoms with Crippen molar-refractivity contribution in [3.8, 4) is 5.75 Å². The molecule has 0 heterocycles.